The second kappa shape index (κ2) is 11.4. The molecule has 0 saturated heterocycles. The predicted molar refractivity (Wildman–Crippen MR) is 156 cm³/mol. The minimum absolute atomic E-state index is 0.0326. The van der Waals surface area contributed by atoms with Gasteiger partial charge in [-0.2, -0.15) is 5.10 Å². The molecule has 2 atom stereocenters. The molecule has 2 amide bonds. The molecule has 40 heavy (non-hydrogen) atoms. The van der Waals surface area contributed by atoms with Gasteiger partial charge in [-0.15, -0.1) is 0 Å². The molecule has 2 aromatic carbocycles. The summed E-state index contributed by atoms with van der Waals surface area (Å²) in [7, 11) is 3.90. The monoisotopic (exact) mass is 556 g/mol. The highest BCUT2D eigenvalue weighted by Gasteiger charge is 2.39. The van der Waals surface area contributed by atoms with Gasteiger partial charge in [-0.1, -0.05) is 54.1 Å². The van der Waals surface area contributed by atoms with E-state index >= 15 is 0 Å². The van der Waals surface area contributed by atoms with Crippen molar-refractivity contribution in [3.8, 4) is 0 Å². The fourth-order valence-corrected chi connectivity index (χ4v) is 5.34. The van der Waals surface area contributed by atoms with E-state index in [-0.39, 0.29) is 31.1 Å². The number of carbonyl (C=O) groups excluding carboxylic acids is 2. The second-order valence-corrected chi connectivity index (χ2v) is 10.5. The lowest BCUT2D eigenvalue weighted by Gasteiger charge is -2.26. The molecule has 0 fully saturated rings. The first-order chi connectivity index (χ1) is 19.2. The Morgan fingerprint density at radius 3 is 2.45 bits per heavy atom. The third-order valence-electron chi connectivity index (χ3n) is 7.21. The first-order valence-corrected chi connectivity index (χ1v) is 13.5. The zero-order chi connectivity index (χ0) is 28.4. The summed E-state index contributed by atoms with van der Waals surface area (Å²) in [6.45, 7) is 0. The topological polar surface area (TPSA) is 103 Å². The van der Waals surface area contributed by atoms with Gasteiger partial charge in [0.05, 0.1) is 23.0 Å². The largest absolute Gasteiger partial charge is 0.481 e. The number of aliphatic carboxylic acids is 1. The molecule has 3 aliphatic rings. The fourth-order valence-electron chi connectivity index (χ4n) is 5.21. The lowest BCUT2D eigenvalue weighted by molar-refractivity contribution is -0.137. The van der Waals surface area contributed by atoms with Crippen molar-refractivity contribution < 1.29 is 19.5 Å². The number of fused-ring (bicyclic) bond motifs is 1. The zero-order valence-corrected chi connectivity index (χ0v) is 23.0. The molecule has 2 aliphatic heterocycles. The van der Waals surface area contributed by atoms with Gasteiger partial charge in [-0.25, -0.2) is 10.0 Å². The maximum atomic E-state index is 13.6. The number of carbonyl (C=O) groups is 3. The molecular formula is C31H29ClN4O4. The number of halogens is 1. The molecular weight excluding hydrogens is 528 g/mol. The summed E-state index contributed by atoms with van der Waals surface area (Å²) in [4.78, 5) is 44.4. The number of carboxylic acids is 1. The molecule has 0 aromatic heterocycles. The lowest BCUT2D eigenvalue weighted by Crippen LogP contribution is -2.27. The Balaban J connectivity index is 1.58. The van der Waals surface area contributed by atoms with Gasteiger partial charge in [0.25, 0.3) is 5.91 Å². The number of hydrogen-bond donors (Lipinski definition) is 1. The van der Waals surface area contributed by atoms with Crippen LogP contribution in [0.1, 0.15) is 42.9 Å². The van der Waals surface area contributed by atoms with Crippen LogP contribution in [0.4, 0.5) is 5.69 Å². The van der Waals surface area contributed by atoms with Crippen LogP contribution in [0, 0.1) is 5.92 Å². The SMILES string of the molecule is CN(C)c1ccc(C2CC(C3=C(c4ccc(Cl)cc4)C4C=CC=CC4=NC3=O)=NN2C(=O)CCCC(=O)O)cc1. The van der Waals surface area contributed by atoms with E-state index in [1.807, 2.05) is 79.7 Å². The Labute approximate surface area is 237 Å². The minimum Gasteiger partial charge on any atom is -0.481 e. The van der Waals surface area contributed by atoms with Crippen LogP contribution in [0.25, 0.3) is 5.57 Å². The van der Waals surface area contributed by atoms with E-state index < -0.39 is 17.9 Å². The molecule has 1 aliphatic carbocycles. The number of benzene rings is 2. The summed E-state index contributed by atoms with van der Waals surface area (Å²) >= 11 is 6.17. The number of hydrazone groups is 1. The highest BCUT2D eigenvalue weighted by Crippen LogP contribution is 2.41. The van der Waals surface area contributed by atoms with Crippen LogP contribution >= 0.6 is 11.6 Å². The van der Waals surface area contributed by atoms with Gasteiger partial charge in [-0.05, 0) is 53.5 Å². The van der Waals surface area contributed by atoms with E-state index in [1.54, 1.807) is 12.1 Å². The number of hydrogen-bond acceptors (Lipinski definition) is 5. The highest BCUT2D eigenvalue weighted by atomic mass is 35.5. The third kappa shape index (κ3) is 5.53. The smallest absolute Gasteiger partial charge is 0.303 e. The molecule has 204 valence electrons. The van der Waals surface area contributed by atoms with Crippen molar-refractivity contribution >= 4 is 52.1 Å². The Kier molecular flexibility index (Phi) is 7.80. The van der Waals surface area contributed by atoms with Crippen LogP contribution in [0.2, 0.25) is 5.02 Å². The van der Waals surface area contributed by atoms with E-state index in [0.29, 0.717) is 28.4 Å². The average molecular weight is 557 g/mol. The Morgan fingerprint density at radius 2 is 1.77 bits per heavy atom. The molecule has 2 unspecified atom stereocenters. The quantitative estimate of drug-likeness (QED) is 0.464. The van der Waals surface area contributed by atoms with Crippen molar-refractivity contribution in [1.82, 2.24) is 5.01 Å². The van der Waals surface area contributed by atoms with Crippen molar-refractivity contribution in [1.29, 1.82) is 0 Å². The molecule has 5 rings (SSSR count). The normalized spacial score (nSPS) is 19.9. The molecule has 0 spiro atoms. The molecule has 0 saturated carbocycles. The van der Waals surface area contributed by atoms with Crippen LogP contribution in [0.3, 0.4) is 0 Å². The molecule has 0 radical (unpaired) electrons. The number of allylic oxidation sites excluding steroid dienone is 5. The molecule has 2 aromatic rings. The van der Waals surface area contributed by atoms with Gasteiger partial charge in [0.15, 0.2) is 0 Å². The fraction of sp³-hybridized carbons (Fsp3) is 0.258. The first kappa shape index (κ1) is 27.3. The average Bonchev–Trinajstić information content (AvgIpc) is 3.38. The number of nitrogens with zero attached hydrogens (tertiary/aromatic N) is 4. The Bertz CT molecular complexity index is 1500. The van der Waals surface area contributed by atoms with Gasteiger partial charge >= 0.3 is 5.97 Å². The molecule has 0 bridgehead atoms. The lowest BCUT2D eigenvalue weighted by atomic mass is 9.79. The number of rotatable bonds is 8. The van der Waals surface area contributed by atoms with E-state index in [0.717, 1.165) is 22.4 Å². The standard InChI is InChI=1S/C31H29ClN4O4/c1-35(2)22-16-12-19(13-17-22)26-18-25(34-36(26)27(37)8-5-9-28(38)39)30-29(20-10-14-21(32)15-11-20)23-6-3-4-7-24(23)33-31(30)40/h3-4,6-7,10-17,23,26H,5,8-9,18H2,1-2H3,(H,38,39). The number of dihydropyridines is 1. The van der Waals surface area contributed by atoms with E-state index in [1.165, 1.54) is 5.01 Å². The van der Waals surface area contributed by atoms with Crippen LogP contribution < -0.4 is 4.90 Å². The van der Waals surface area contributed by atoms with E-state index in [4.69, 9.17) is 21.8 Å². The van der Waals surface area contributed by atoms with Gasteiger partial charge in [0.2, 0.25) is 5.91 Å². The van der Waals surface area contributed by atoms with Gasteiger partial charge in [0.1, 0.15) is 0 Å². The predicted octanol–water partition coefficient (Wildman–Crippen LogP) is 5.47. The number of aliphatic imine (C=N–C) groups is 1. The summed E-state index contributed by atoms with van der Waals surface area (Å²) in [5.41, 5.74) is 4.99. The van der Waals surface area contributed by atoms with E-state index in [9.17, 15) is 14.4 Å². The van der Waals surface area contributed by atoms with Crippen molar-refractivity contribution in [2.24, 2.45) is 16.0 Å². The van der Waals surface area contributed by atoms with Gasteiger partial charge in [-0.3, -0.25) is 14.4 Å². The summed E-state index contributed by atoms with van der Waals surface area (Å²) < 4.78 is 0. The molecule has 9 heteroatoms. The second-order valence-electron chi connectivity index (χ2n) is 10.1. The molecule has 1 N–H and O–H groups in total. The van der Waals surface area contributed by atoms with Crippen LogP contribution in [0.5, 0.6) is 0 Å². The van der Waals surface area contributed by atoms with Gasteiger partial charge < -0.3 is 10.0 Å². The van der Waals surface area contributed by atoms with Crippen molar-refractivity contribution in [3.05, 3.63) is 94.6 Å². The number of carboxylic acid groups (broad SMARTS) is 1. The molecule has 8 nitrogen and oxygen atoms in total. The number of anilines is 1. The molecule has 2 heterocycles. The van der Waals surface area contributed by atoms with E-state index in [2.05, 4.69) is 4.99 Å². The summed E-state index contributed by atoms with van der Waals surface area (Å²) in [6.07, 6.45) is 8.05. The summed E-state index contributed by atoms with van der Waals surface area (Å²) in [6, 6.07) is 14.7. The van der Waals surface area contributed by atoms with Crippen LogP contribution in [-0.2, 0) is 14.4 Å². The summed E-state index contributed by atoms with van der Waals surface area (Å²) in [5.74, 6) is -1.90. The van der Waals surface area contributed by atoms with Gasteiger partial charge in [0, 0.05) is 50.0 Å². The zero-order valence-electron chi connectivity index (χ0n) is 22.3. The Morgan fingerprint density at radius 1 is 1.05 bits per heavy atom. The maximum absolute atomic E-state index is 13.6. The Hall–Kier alpha value is -4.30. The highest BCUT2D eigenvalue weighted by molar-refractivity contribution is 6.34. The van der Waals surface area contributed by atoms with Crippen molar-refractivity contribution in [3.63, 3.8) is 0 Å². The summed E-state index contributed by atoms with van der Waals surface area (Å²) in [5, 5.41) is 15.8. The van der Waals surface area contributed by atoms with Crippen molar-refractivity contribution in [2.75, 3.05) is 19.0 Å². The van der Waals surface area contributed by atoms with Crippen molar-refractivity contribution in [2.45, 2.75) is 31.7 Å². The maximum Gasteiger partial charge on any atom is 0.303 e. The minimum atomic E-state index is -0.956. The van der Waals surface area contributed by atoms with Crippen LogP contribution in [-0.4, -0.2) is 53.4 Å². The number of amides is 2. The van der Waals surface area contributed by atoms with Crippen LogP contribution in [0.15, 0.2) is 88.5 Å². The first-order valence-electron chi connectivity index (χ1n) is 13.1. The third-order valence-corrected chi connectivity index (χ3v) is 7.46.